The molecule has 0 atom stereocenters. The van der Waals surface area contributed by atoms with Crippen LogP contribution >= 0.6 is 0 Å². The van der Waals surface area contributed by atoms with Crippen molar-refractivity contribution in [2.24, 2.45) is 0 Å². The first-order valence-electron chi connectivity index (χ1n) is 4.81. The second kappa shape index (κ2) is 4.44. The van der Waals surface area contributed by atoms with Gasteiger partial charge < -0.3 is 9.97 Å². The minimum absolute atomic E-state index is 0.358. The van der Waals surface area contributed by atoms with Crippen molar-refractivity contribution in [1.29, 1.82) is 0 Å². The molecule has 1 aromatic carbocycles. The van der Waals surface area contributed by atoms with Gasteiger partial charge in [-0.15, -0.1) is 0 Å². The van der Waals surface area contributed by atoms with Gasteiger partial charge >= 0.3 is 6.92 Å². The van der Waals surface area contributed by atoms with Gasteiger partial charge in [0.25, 0.3) is 0 Å². The first kappa shape index (κ1) is 8.79. The monoisotopic (exact) mass is 175 g/mol. The number of rotatable bonds is 2. The number of nitrogens with one attached hydrogen (secondary N) is 1. The first-order valence-corrected chi connectivity index (χ1v) is 4.81. The van der Waals surface area contributed by atoms with Crippen LogP contribution in [0.4, 0.5) is 0 Å². The second-order valence-electron chi connectivity index (χ2n) is 3.39. The molecule has 1 aromatic rings. The van der Waals surface area contributed by atoms with Gasteiger partial charge in [0.05, 0.1) is 0 Å². The molecule has 1 aliphatic rings. The molecule has 0 bridgehead atoms. The van der Waals surface area contributed by atoms with Gasteiger partial charge in [-0.25, -0.2) is 0 Å². The van der Waals surface area contributed by atoms with Gasteiger partial charge in [-0.2, -0.15) is 0 Å². The Hall–Kier alpha value is -0.795. The van der Waals surface area contributed by atoms with Gasteiger partial charge in [-0.1, -0.05) is 35.9 Å². The summed E-state index contributed by atoms with van der Waals surface area (Å²) in [5, 5.41) is 3.33. The Bertz CT molecular complexity index is 246. The van der Waals surface area contributed by atoms with Crippen LogP contribution in [0.25, 0.3) is 0 Å². The molecule has 1 heterocycles. The quantitative estimate of drug-likeness (QED) is 0.674. The maximum atomic E-state index is 5.62. The summed E-state index contributed by atoms with van der Waals surface area (Å²) < 4.78 is 5.62. The van der Waals surface area contributed by atoms with Crippen LogP contribution in [0.5, 0.6) is 0 Å². The van der Waals surface area contributed by atoms with Gasteiger partial charge in [0.15, 0.2) is 0 Å². The van der Waals surface area contributed by atoms with Crippen LogP contribution in [-0.2, 0) is 11.0 Å². The second-order valence-corrected chi connectivity index (χ2v) is 3.39. The third-order valence-electron chi connectivity index (χ3n) is 2.31. The maximum absolute atomic E-state index is 5.62. The molecule has 0 unspecified atom stereocenters. The molecular weight excluding hydrogens is 161 g/mol. The molecule has 0 radical (unpaired) electrons. The highest BCUT2D eigenvalue weighted by Gasteiger charge is 2.18. The molecule has 13 heavy (non-hydrogen) atoms. The van der Waals surface area contributed by atoms with Crippen molar-refractivity contribution >= 4 is 6.92 Å². The lowest BCUT2D eigenvalue weighted by molar-refractivity contribution is 0.291. The Balaban J connectivity index is 1.90. The molecule has 0 aromatic heterocycles. The fourth-order valence-electron chi connectivity index (χ4n) is 1.63. The summed E-state index contributed by atoms with van der Waals surface area (Å²) in [5.41, 5.74) is 1.36. The zero-order valence-corrected chi connectivity index (χ0v) is 7.70. The minimum Gasteiger partial charge on any atom is -0.433 e. The highest BCUT2D eigenvalue weighted by molar-refractivity contribution is 6.51. The fraction of sp³-hybridized carbons (Fsp3) is 0.400. The average Bonchev–Trinajstić information content (AvgIpc) is 2.21. The van der Waals surface area contributed by atoms with Crippen molar-refractivity contribution < 1.29 is 4.65 Å². The molecule has 68 valence electrons. The van der Waals surface area contributed by atoms with Crippen LogP contribution < -0.4 is 5.32 Å². The van der Waals surface area contributed by atoms with Crippen molar-refractivity contribution in [3.8, 4) is 0 Å². The zero-order valence-electron chi connectivity index (χ0n) is 7.70. The SMILES string of the molecule is c1ccc(CB2CNCCO2)cc1. The van der Waals surface area contributed by atoms with Crippen LogP contribution in [0.2, 0.25) is 0 Å². The summed E-state index contributed by atoms with van der Waals surface area (Å²) in [7, 11) is 0. The molecule has 0 saturated carbocycles. The van der Waals surface area contributed by atoms with E-state index in [0.717, 1.165) is 25.9 Å². The van der Waals surface area contributed by atoms with E-state index in [1.165, 1.54) is 5.56 Å². The molecule has 2 nitrogen and oxygen atoms in total. The van der Waals surface area contributed by atoms with Gasteiger partial charge in [0, 0.05) is 19.6 Å². The van der Waals surface area contributed by atoms with Crippen molar-refractivity contribution in [2.75, 3.05) is 19.6 Å². The van der Waals surface area contributed by atoms with Gasteiger partial charge in [-0.3, -0.25) is 0 Å². The summed E-state index contributed by atoms with van der Waals surface area (Å²) in [5.74, 6) is 0. The predicted octanol–water partition coefficient (Wildman–Crippen LogP) is 0.919. The Labute approximate surface area is 79.4 Å². The largest absolute Gasteiger partial charge is 0.433 e. The lowest BCUT2D eigenvalue weighted by atomic mass is 9.62. The standard InChI is InChI=1S/C10H14BNO/c1-2-4-10(5-3-1)8-11-9-12-6-7-13-11/h1-5,12H,6-9H2. The van der Waals surface area contributed by atoms with E-state index in [-0.39, 0.29) is 0 Å². The summed E-state index contributed by atoms with van der Waals surface area (Å²) in [6.07, 6.45) is 2.00. The molecular formula is C10H14BNO. The molecule has 3 heteroatoms. The van der Waals surface area contributed by atoms with Gasteiger partial charge in [-0.05, 0) is 6.32 Å². The van der Waals surface area contributed by atoms with E-state index < -0.39 is 0 Å². The van der Waals surface area contributed by atoms with Crippen LogP contribution in [0, 0.1) is 0 Å². The molecule has 1 fully saturated rings. The summed E-state index contributed by atoms with van der Waals surface area (Å²) in [6, 6.07) is 10.5. The molecule has 0 aliphatic carbocycles. The van der Waals surface area contributed by atoms with Gasteiger partial charge in [0.1, 0.15) is 0 Å². The van der Waals surface area contributed by atoms with E-state index in [2.05, 4.69) is 29.6 Å². The Morgan fingerprint density at radius 1 is 1.31 bits per heavy atom. The van der Waals surface area contributed by atoms with Crippen molar-refractivity contribution in [3.63, 3.8) is 0 Å². The molecule has 0 spiro atoms. The predicted molar refractivity (Wildman–Crippen MR) is 54.7 cm³/mol. The normalized spacial score (nSPS) is 17.4. The highest BCUT2D eigenvalue weighted by atomic mass is 16.4. The topological polar surface area (TPSA) is 21.3 Å². The van der Waals surface area contributed by atoms with Crippen molar-refractivity contribution in [2.45, 2.75) is 6.32 Å². The Morgan fingerprint density at radius 2 is 2.15 bits per heavy atom. The molecule has 0 amide bonds. The zero-order chi connectivity index (χ0) is 8.93. The first-order chi connectivity index (χ1) is 6.45. The van der Waals surface area contributed by atoms with Crippen LogP contribution in [-0.4, -0.2) is 26.5 Å². The van der Waals surface area contributed by atoms with E-state index >= 15 is 0 Å². The maximum Gasteiger partial charge on any atom is 0.311 e. The average molecular weight is 175 g/mol. The molecule has 1 aliphatic heterocycles. The van der Waals surface area contributed by atoms with E-state index in [1.54, 1.807) is 0 Å². The molecule has 2 rings (SSSR count). The minimum atomic E-state index is 0.358. The van der Waals surface area contributed by atoms with E-state index in [4.69, 9.17) is 4.65 Å². The van der Waals surface area contributed by atoms with E-state index in [9.17, 15) is 0 Å². The van der Waals surface area contributed by atoms with Gasteiger partial charge in [0.2, 0.25) is 0 Å². The number of benzene rings is 1. The van der Waals surface area contributed by atoms with Crippen LogP contribution in [0.1, 0.15) is 5.56 Å². The number of hydrogen-bond acceptors (Lipinski definition) is 2. The Kier molecular flexibility index (Phi) is 3.00. The highest BCUT2D eigenvalue weighted by Crippen LogP contribution is 2.04. The van der Waals surface area contributed by atoms with Crippen molar-refractivity contribution in [1.82, 2.24) is 5.32 Å². The van der Waals surface area contributed by atoms with Crippen molar-refractivity contribution in [3.05, 3.63) is 35.9 Å². The van der Waals surface area contributed by atoms with Crippen LogP contribution in [0.15, 0.2) is 30.3 Å². The summed E-state index contributed by atoms with van der Waals surface area (Å²) in [4.78, 5) is 0. The lowest BCUT2D eigenvalue weighted by Gasteiger charge is -2.20. The van der Waals surface area contributed by atoms with Crippen LogP contribution in [0.3, 0.4) is 0 Å². The smallest absolute Gasteiger partial charge is 0.311 e. The van der Waals surface area contributed by atoms with E-state index in [1.807, 2.05) is 6.07 Å². The third kappa shape index (κ3) is 2.57. The lowest BCUT2D eigenvalue weighted by Crippen LogP contribution is -2.43. The molecule has 1 N–H and O–H groups in total. The third-order valence-corrected chi connectivity index (χ3v) is 2.31. The summed E-state index contributed by atoms with van der Waals surface area (Å²) >= 11 is 0. The summed E-state index contributed by atoms with van der Waals surface area (Å²) in [6.45, 7) is 2.19. The molecule has 1 saturated heterocycles. The number of hydrogen-bond donors (Lipinski definition) is 1. The fourth-order valence-corrected chi connectivity index (χ4v) is 1.63. The Morgan fingerprint density at radius 3 is 2.85 bits per heavy atom. The van der Waals surface area contributed by atoms with E-state index in [0.29, 0.717) is 6.92 Å².